The first-order valence-corrected chi connectivity index (χ1v) is 8.67. The Balaban J connectivity index is 1.43. The van der Waals surface area contributed by atoms with Crippen molar-refractivity contribution in [3.8, 4) is 0 Å². The molecular weight excluding hydrogens is 300 g/mol. The van der Waals surface area contributed by atoms with E-state index < -0.39 is 0 Å². The van der Waals surface area contributed by atoms with Gasteiger partial charge in [-0.25, -0.2) is 0 Å². The van der Waals surface area contributed by atoms with Crippen LogP contribution in [0.5, 0.6) is 0 Å². The molecule has 0 unspecified atom stereocenters. The third kappa shape index (κ3) is 4.45. The van der Waals surface area contributed by atoms with E-state index in [1.165, 1.54) is 11.1 Å². The summed E-state index contributed by atoms with van der Waals surface area (Å²) in [5, 5.41) is 7.29. The molecule has 0 atom stereocenters. The molecule has 2 aromatic rings. The van der Waals surface area contributed by atoms with Crippen LogP contribution in [0.2, 0.25) is 0 Å². The van der Waals surface area contributed by atoms with E-state index in [1.807, 2.05) is 41.3 Å². The normalized spacial score (nSPS) is 16.2. The predicted molar refractivity (Wildman–Crippen MR) is 95.9 cm³/mol. The van der Waals surface area contributed by atoms with Gasteiger partial charge in [0.1, 0.15) is 0 Å². The minimum atomic E-state index is 0.0729. The van der Waals surface area contributed by atoms with E-state index in [0.29, 0.717) is 12.5 Å². The van der Waals surface area contributed by atoms with E-state index in [4.69, 9.17) is 0 Å². The number of benzene rings is 1. The van der Waals surface area contributed by atoms with Gasteiger partial charge in [0.05, 0.1) is 6.54 Å². The number of rotatable bonds is 5. The Morgan fingerprint density at radius 1 is 1.25 bits per heavy atom. The van der Waals surface area contributed by atoms with Crippen molar-refractivity contribution in [1.29, 1.82) is 0 Å². The lowest BCUT2D eigenvalue weighted by molar-refractivity contribution is -0.117. The Morgan fingerprint density at radius 2 is 2.04 bits per heavy atom. The Bertz CT molecular complexity index is 673. The third-order valence-corrected chi connectivity index (χ3v) is 4.87. The lowest BCUT2D eigenvalue weighted by atomic mass is 9.97. The van der Waals surface area contributed by atoms with Crippen molar-refractivity contribution in [2.45, 2.75) is 33.2 Å². The quantitative estimate of drug-likeness (QED) is 0.919. The van der Waals surface area contributed by atoms with E-state index >= 15 is 0 Å². The SMILES string of the molecule is Cc1ccc(NC(=O)CN2CCC(Cn3cccn3)CC2)cc1C. The van der Waals surface area contributed by atoms with Crippen molar-refractivity contribution < 1.29 is 4.79 Å². The molecule has 5 heteroatoms. The fourth-order valence-corrected chi connectivity index (χ4v) is 3.22. The minimum absolute atomic E-state index is 0.0729. The summed E-state index contributed by atoms with van der Waals surface area (Å²) in [6.07, 6.45) is 6.09. The molecule has 1 fully saturated rings. The standard InChI is InChI=1S/C19H26N4O/c1-15-4-5-18(12-16(15)2)21-19(24)14-22-10-6-17(7-11-22)13-23-9-3-8-20-23/h3-5,8-9,12,17H,6-7,10-11,13-14H2,1-2H3,(H,21,24). The van der Waals surface area contributed by atoms with E-state index in [1.54, 1.807) is 0 Å². The third-order valence-electron chi connectivity index (χ3n) is 4.87. The average molecular weight is 326 g/mol. The van der Waals surface area contributed by atoms with Crippen molar-refractivity contribution in [1.82, 2.24) is 14.7 Å². The Labute approximate surface area is 143 Å². The van der Waals surface area contributed by atoms with Gasteiger partial charge in [-0.1, -0.05) is 6.07 Å². The molecule has 0 aliphatic carbocycles. The summed E-state index contributed by atoms with van der Waals surface area (Å²) in [6, 6.07) is 8.01. The number of nitrogens with zero attached hydrogens (tertiary/aromatic N) is 3. The van der Waals surface area contributed by atoms with Crippen LogP contribution in [0.1, 0.15) is 24.0 Å². The second kappa shape index (κ2) is 7.62. The van der Waals surface area contributed by atoms with E-state index in [9.17, 15) is 4.79 Å². The van der Waals surface area contributed by atoms with Gasteiger partial charge in [-0.3, -0.25) is 14.4 Å². The molecule has 1 aliphatic heterocycles. The molecule has 0 spiro atoms. The zero-order chi connectivity index (χ0) is 16.9. The Kier molecular flexibility index (Phi) is 5.30. The summed E-state index contributed by atoms with van der Waals surface area (Å²) in [4.78, 5) is 14.5. The maximum absolute atomic E-state index is 12.2. The molecule has 1 amide bonds. The van der Waals surface area contributed by atoms with Crippen molar-refractivity contribution in [3.63, 3.8) is 0 Å². The summed E-state index contributed by atoms with van der Waals surface area (Å²) in [5.74, 6) is 0.729. The van der Waals surface area contributed by atoms with Crippen molar-refractivity contribution in [2.24, 2.45) is 5.92 Å². The fraction of sp³-hybridized carbons (Fsp3) is 0.474. The molecule has 1 aromatic heterocycles. The number of amides is 1. The van der Waals surface area contributed by atoms with Crippen LogP contribution in [0.25, 0.3) is 0 Å². The largest absolute Gasteiger partial charge is 0.325 e. The first-order valence-electron chi connectivity index (χ1n) is 8.67. The number of carbonyl (C=O) groups is 1. The molecular formula is C19H26N4O. The molecule has 1 N–H and O–H groups in total. The molecule has 5 nitrogen and oxygen atoms in total. The minimum Gasteiger partial charge on any atom is -0.325 e. The van der Waals surface area contributed by atoms with Gasteiger partial charge < -0.3 is 5.32 Å². The number of hydrogen-bond donors (Lipinski definition) is 1. The molecule has 0 radical (unpaired) electrons. The highest BCUT2D eigenvalue weighted by Crippen LogP contribution is 2.19. The lowest BCUT2D eigenvalue weighted by Gasteiger charge is -2.31. The number of aromatic nitrogens is 2. The van der Waals surface area contributed by atoms with Crippen LogP contribution in [-0.4, -0.2) is 40.2 Å². The van der Waals surface area contributed by atoms with Gasteiger partial charge >= 0.3 is 0 Å². The summed E-state index contributed by atoms with van der Waals surface area (Å²) in [5.41, 5.74) is 3.33. The van der Waals surface area contributed by atoms with Gasteiger partial charge in [0.15, 0.2) is 0 Å². The van der Waals surface area contributed by atoms with Gasteiger partial charge in [-0.15, -0.1) is 0 Å². The van der Waals surface area contributed by atoms with Crippen molar-refractivity contribution in [3.05, 3.63) is 47.8 Å². The first-order chi connectivity index (χ1) is 11.6. The highest BCUT2D eigenvalue weighted by molar-refractivity contribution is 5.92. The molecule has 1 aliphatic rings. The maximum atomic E-state index is 12.2. The summed E-state index contributed by atoms with van der Waals surface area (Å²) in [6.45, 7) is 7.55. The Hall–Kier alpha value is -2.14. The molecule has 1 saturated heterocycles. The van der Waals surface area contributed by atoms with E-state index in [2.05, 4.69) is 29.2 Å². The average Bonchev–Trinajstić information content (AvgIpc) is 3.06. The molecule has 128 valence electrons. The Morgan fingerprint density at radius 3 is 2.71 bits per heavy atom. The van der Waals surface area contributed by atoms with Gasteiger partial charge in [-0.2, -0.15) is 5.10 Å². The molecule has 3 rings (SSSR count). The van der Waals surface area contributed by atoms with Crippen molar-refractivity contribution in [2.75, 3.05) is 25.0 Å². The van der Waals surface area contributed by atoms with Crippen LogP contribution in [0.4, 0.5) is 5.69 Å². The smallest absolute Gasteiger partial charge is 0.238 e. The topological polar surface area (TPSA) is 50.2 Å². The van der Waals surface area contributed by atoms with Crippen LogP contribution in [0, 0.1) is 19.8 Å². The number of hydrogen-bond acceptors (Lipinski definition) is 3. The summed E-state index contributed by atoms with van der Waals surface area (Å²) >= 11 is 0. The second-order valence-corrected chi connectivity index (χ2v) is 6.79. The van der Waals surface area contributed by atoms with Crippen molar-refractivity contribution >= 4 is 11.6 Å². The number of likely N-dealkylation sites (tertiary alicyclic amines) is 1. The van der Waals surface area contributed by atoms with Crippen LogP contribution < -0.4 is 5.32 Å². The number of anilines is 1. The zero-order valence-corrected chi connectivity index (χ0v) is 14.5. The summed E-state index contributed by atoms with van der Waals surface area (Å²) < 4.78 is 2.01. The molecule has 0 saturated carbocycles. The van der Waals surface area contributed by atoms with Crippen LogP contribution >= 0.6 is 0 Å². The zero-order valence-electron chi connectivity index (χ0n) is 14.5. The number of carbonyl (C=O) groups excluding carboxylic acids is 1. The van der Waals surface area contributed by atoms with Crippen LogP contribution in [0.15, 0.2) is 36.7 Å². The maximum Gasteiger partial charge on any atom is 0.238 e. The molecule has 0 bridgehead atoms. The number of aryl methyl sites for hydroxylation is 2. The first kappa shape index (κ1) is 16.7. The lowest BCUT2D eigenvalue weighted by Crippen LogP contribution is -2.40. The van der Waals surface area contributed by atoms with Gasteiger partial charge in [0, 0.05) is 24.6 Å². The molecule has 2 heterocycles. The van der Waals surface area contributed by atoms with Gasteiger partial charge in [0.25, 0.3) is 0 Å². The predicted octanol–water partition coefficient (Wildman–Crippen LogP) is 2.85. The molecule has 1 aromatic carbocycles. The monoisotopic (exact) mass is 326 g/mol. The van der Waals surface area contributed by atoms with Gasteiger partial charge in [0.2, 0.25) is 5.91 Å². The highest BCUT2D eigenvalue weighted by Gasteiger charge is 2.21. The number of piperidine rings is 1. The number of nitrogens with one attached hydrogen (secondary N) is 1. The summed E-state index contributed by atoms with van der Waals surface area (Å²) in [7, 11) is 0. The second-order valence-electron chi connectivity index (χ2n) is 6.79. The van der Waals surface area contributed by atoms with Crippen LogP contribution in [-0.2, 0) is 11.3 Å². The van der Waals surface area contributed by atoms with Gasteiger partial charge in [-0.05, 0) is 75.0 Å². The fourth-order valence-electron chi connectivity index (χ4n) is 3.22. The van der Waals surface area contributed by atoms with Crippen LogP contribution in [0.3, 0.4) is 0 Å². The molecule has 24 heavy (non-hydrogen) atoms. The highest BCUT2D eigenvalue weighted by atomic mass is 16.2. The van der Waals surface area contributed by atoms with E-state index in [0.717, 1.165) is 38.2 Å². The van der Waals surface area contributed by atoms with E-state index in [-0.39, 0.29) is 5.91 Å².